The minimum absolute atomic E-state index is 0.162. The summed E-state index contributed by atoms with van der Waals surface area (Å²) in [7, 11) is -1.05. The van der Waals surface area contributed by atoms with E-state index in [1.54, 1.807) is 4.68 Å². The van der Waals surface area contributed by atoms with E-state index in [0.717, 1.165) is 11.3 Å². The maximum atomic E-state index is 12.7. The summed E-state index contributed by atoms with van der Waals surface area (Å²) in [4.78, 5) is 23.1. The van der Waals surface area contributed by atoms with Crippen LogP contribution in [0, 0.1) is 10.1 Å². The van der Waals surface area contributed by atoms with Crippen LogP contribution in [-0.2, 0) is 22.3 Å². The Hall–Kier alpha value is -3.33. The topological polar surface area (TPSA) is 107 Å². The minimum Gasteiger partial charge on any atom is -0.306 e. The third kappa shape index (κ3) is 3.24. The average molecular weight is 382 g/mol. The molecule has 1 aromatic heterocycles. The molecular weight excluding hydrogens is 368 g/mol. The fourth-order valence-corrected chi connectivity index (χ4v) is 4.22. The van der Waals surface area contributed by atoms with Crippen LogP contribution in [0.2, 0.25) is 0 Å². The first-order chi connectivity index (χ1) is 13.0. The third-order valence-electron chi connectivity index (χ3n) is 4.22. The van der Waals surface area contributed by atoms with Crippen LogP contribution in [0.3, 0.4) is 0 Å². The van der Waals surface area contributed by atoms with Gasteiger partial charge in [-0.05, 0) is 18.2 Å². The summed E-state index contributed by atoms with van der Waals surface area (Å²) < 4.78 is 13.5. The van der Waals surface area contributed by atoms with Crippen molar-refractivity contribution < 1.29 is 13.9 Å². The first-order valence-corrected chi connectivity index (χ1v) is 9.58. The number of nitro benzene ring substituents is 1. The molecule has 0 fully saturated rings. The van der Waals surface area contributed by atoms with E-state index in [-0.39, 0.29) is 11.3 Å². The highest BCUT2D eigenvalue weighted by molar-refractivity contribution is 7.83. The molecule has 27 heavy (non-hydrogen) atoms. The van der Waals surface area contributed by atoms with Crippen LogP contribution in [0.4, 0.5) is 11.5 Å². The summed E-state index contributed by atoms with van der Waals surface area (Å²) in [6, 6.07) is 14.8. The number of fused-ring (bicyclic) bond motifs is 1. The smallest absolute Gasteiger partial charge is 0.270 e. The van der Waals surface area contributed by atoms with E-state index in [1.807, 2.05) is 30.3 Å². The van der Waals surface area contributed by atoms with Crippen LogP contribution >= 0.6 is 0 Å². The van der Waals surface area contributed by atoms with Crippen LogP contribution in [0.5, 0.6) is 0 Å². The summed E-state index contributed by atoms with van der Waals surface area (Å²) >= 11 is 0. The largest absolute Gasteiger partial charge is 0.306 e. The van der Waals surface area contributed by atoms with E-state index >= 15 is 0 Å². The molecule has 4 rings (SSSR count). The van der Waals surface area contributed by atoms with Gasteiger partial charge in [0.05, 0.1) is 27.8 Å². The number of nitrogens with zero attached hydrogens (tertiary/aromatic N) is 3. The molecule has 136 valence electrons. The monoisotopic (exact) mass is 382 g/mol. The Morgan fingerprint density at radius 1 is 1.15 bits per heavy atom. The number of aromatic nitrogens is 2. The van der Waals surface area contributed by atoms with Crippen LogP contribution in [0.1, 0.15) is 21.6 Å². The zero-order valence-corrected chi connectivity index (χ0v) is 14.8. The molecule has 1 aliphatic heterocycles. The molecule has 9 heteroatoms. The van der Waals surface area contributed by atoms with E-state index in [9.17, 15) is 19.1 Å². The van der Waals surface area contributed by atoms with Gasteiger partial charge in [0.1, 0.15) is 5.82 Å². The van der Waals surface area contributed by atoms with Crippen LogP contribution in [-0.4, -0.2) is 24.8 Å². The van der Waals surface area contributed by atoms with Gasteiger partial charge in [0.25, 0.3) is 11.6 Å². The maximum absolute atomic E-state index is 12.7. The quantitative estimate of drug-likeness (QED) is 0.551. The number of benzene rings is 2. The van der Waals surface area contributed by atoms with Crippen molar-refractivity contribution in [2.24, 2.45) is 0 Å². The lowest BCUT2D eigenvalue weighted by Gasteiger charge is -2.11. The molecule has 0 saturated heterocycles. The van der Waals surface area contributed by atoms with E-state index in [2.05, 4.69) is 10.4 Å². The molecule has 1 aliphatic rings. The van der Waals surface area contributed by atoms with Gasteiger partial charge in [-0.1, -0.05) is 24.3 Å². The molecule has 1 atom stereocenters. The molecule has 0 unspecified atom stereocenters. The van der Waals surface area contributed by atoms with Gasteiger partial charge in [-0.15, -0.1) is 0 Å². The van der Waals surface area contributed by atoms with Gasteiger partial charge < -0.3 is 5.32 Å². The van der Waals surface area contributed by atoms with Crippen molar-refractivity contribution in [3.63, 3.8) is 0 Å². The number of rotatable bonds is 4. The second-order valence-corrected chi connectivity index (χ2v) is 7.47. The van der Waals surface area contributed by atoms with E-state index in [4.69, 9.17) is 0 Å². The molecule has 0 radical (unpaired) electrons. The Balaban J connectivity index is 1.73. The first-order valence-electron chi connectivity index (χ1n) is 8.10. The molecule has 1 amide bonds. The van der Waals surface area contributed by atoms with Crippen LogP contribution in [0.15, 0.2) is 54.6 Å². The standard InChI is InChI=1S/C18H14N4O4S/c23-18(12-5-4-8-14(9-12)22(24)25)19-17-15-10-27(26)11-16(15)20-21(17)13-6-2-1-3-7-13/h1-9H,10-11H2,(H,19,23)/t27-/m1/s1. The van der Waals surface area contributed by atoms with Gasteiger partial charge in [0.2, 0.25) is 0 Å². The number of carbonyl (C=O) groups excluding carboxylic acids is 1. The number of amides is 1. The minimum atomic E-state index is -1.05. The summed E-state index contributed by atoms with van der Waals surface area (Å²) in [6.07, 6.45) is 0. The van der Waals surface area contributed by atoms with Crippen molar-refractivity contribution in [1.29, 1.82) is 0 Å². The van der Waals surface area contributed by atoms with Gasteiger partial charge in [-0.25, -0.2) is 4.68 Å². The van der Waals surface area contributed by atoms with E-state index < -0.39 is 21.6 Å². The number of nitrogens with one attached hydrogen (secondary N) is 1. The summed E-state index contributed by atoms with van der Waals surface area (Å²) in [5, 5.41) is 18.2. The Bertz CT molecular complexity index is 1080. The van der Waals surface area contributed by atoms with Gasteiger partial charge in [0.15, 0.2) is 0 Å². The number of carbonyl (C=O) groups is 1. The maximum Gasteiger partial charge on any atom is 0.270 e. The van der Waals surface area contributed by atoms with Crippen LogP contribution < -0.4 is 5.32 Å². The highest BCUT2D eigenvalue weighted by Crippen LogP contribution is 2.31. The molecule has 8 nitrogen and oxygen atoms in total. The molecular formula is C18H14N4O4S. The SMILES string of the molecule is O=C(Nc1c2c(nn1-c1ccccc1)C[S@](=O)C2)c1cccc([N+](=O)[O-])c1. The highest BCUT2D eigenvalue weighted by Gasteiger charge is 2.28. The van der Waals surface area contributed by atoms with Crippen molar-refractivity contribution in [1.82, 2.24) is 9.78 Å². The number of para-hydroxylation sites is 1. The predicted molar refractivity (Wildman–Crippen MR) is 100 cm³/mol. The van der Waals surface area contributed by atoms with Gasteiger partial charge in [-0.3, -0.25) is 19.1 Å². The molecule has 2 heterocycles. The summed E-state index contributed by atoms with van der Waals surface area (Å²) in [5.74, 6) is 0.608. The molecule has 0 saturated carbocycles. The molecule has 0 bridgehead atoms. The van der Waals surface area contributed by atoms with Crippen molar-refractivity contribution in [2.75, 3.05) is 5.32 Å². The van der Waals surface area contributed by atoms with Crippen molar-refractivity contribution in [2.45, 2.75) is 11.5 Å². The Kier molecular flexibility index (Phi) is 4.28. The Morgan fingerprint density at radius 3 is 2.67 bits per heavy atom. The normalized spacial score (nSPS) is 15.3. The zero-order valence-electron chi connectivity index (χ0n) is 14.0. The summed E-state index contributed by atoms with van der Waals surface area (Å²) in [6.45, 7) is 0. The highest BCUT2D eigenvalue weighted by atomic mass is 32.2. The molecule has 0 spiro atoms. The first kappa shape index (κ1) is 17.1. The number of hydrogen-bond acceptors (Lipinski definition) is 5. The van der Waals surface area contributed by atoms with Crippen LogP contribution in [0.25, 0.3) is 5.69 Å². The number of non-ortho nitro benzene ring substituents is 1. The molecule has 3 aromatic rings. The van der Waals surface area contributed by atoms with E-state index in [0.29, 0.717) is 23.0 Å². The lowest BCUT2D eigenvalue weighted by Crippen LogP contribution is -2.16. The van der Waals surface area contributed by atoms with Gasteiger partial charge in [0, 0.05) is 34.1 Å². The number of hydrogen-bond donors (Lipinski definition) is 1. The third-order valence-corrected chi connectivity index (χ3v) is 5.43. The Labute approximate surface area is 156 Å². The molecule has 2 aromatic carbocycles. The summed E-state index contributed by atoms with van der Waals surface area (Å²) in [5.41, 5.74) is 2.18. The van der Waals surface area contributed by atoms with Crippen molar-refractivity contribution in [3.05, 3.63) is 81.5 Å². The van der Waals surface area contributed by atoms with E-state index in [1.165, 1.54) is 24.3 Å². The zero-order chi connectivity index (χ0) is 19.0. The number of anilines is 1. The Morgan fingerprint density at radius 2 is 1.93 bits per heavy atom. The predicted octanol–water partition coefficient (Wildman–Crippen LogP) is 2.80. The van der Waals surface area contributed by atoms with Crippen molar-refractivity contribution >= 4 is 28.2 Å². The average Bonchev–Trinajstić information content (AvgIpc) is 3.19. The molecule has 1 N–H and O–H groups in total. The lowest BCUT2D eigenvalue weighted by atomic mass is 10.2. The fraction of sp³-hybridized carbons (Fsp3) is 0.111. The fourth-order valence-electron chi connectivity index (χ4n) is 2.95. The van der Waals surface area contributed by atoms with Gasteiger partial charge in [-0.2, -0.15) is 5.10 Å². The lowest BCUT2D eigenvalue weighted by molar-refractivity contribution is -0.384. The van der Waals surface area contributed by atoms with Gasteiger partial charge >= 0.3 is 0 Å². The van der Waals surface area contributed by atoms with Crippen molar-refractivity contribution in [3.8, 4) is 5.69 Å². The number of nitro groups is 1. The second kappa shape index (κ2) is 6.76. The molecule has 0 aliphatic carbocycles. The second-order valence-electron chi connectivity index (χ2n) is 6.01.